The highest BCUT2D eigenvalue weighted by Crippen LogP contribution is 2.18. The highest BCUT2D eigenvalue weighted by molar-refractivity contribution is 4.99. The maximum absolute atomic E-state index is 4.15. The Kier molecular flexibility index (Phi) is 4.45. The molecule has 17 heavy (non-hydrogen) atoms. The summed E-state index contributed by atoms with van der Waals surface area (Å²) < 4.78 is 0. The topological polar surface area (TPSA) is 41.0 Å². The van der Waals surface area contributed by atoms with Crippen molar-refractivity contribution in [1.82, 2.24) is 20.4 Å². The Bertz CT molecular complexity index is 327. The molecule has 0 radical (unpaired) electrons. The molecular formula is C13H22N4. The summed E-state index contributed by atoms with van der Waals surface area (Å²) in [4.78, 5) is 2.47. The van der Waals surface area contributed by atoms with Crippen molar-refractivity contribution in [3.05, 3.63) is 24.0 Å². The summed E-state index contributed by atoms with van der Waals surface area (Å²) in [6.45, 7) is 8.80. The Morgan fingerprint density at radius 1 is 1.53 bits per heavy atom. The first-order chi connectivity index (χ1) is 8.29. The van der Waals surface area contributed by atoms with E-state index in [1.165, 1.54) is 6.42 Å². The van der Waals surface area contributed by atoms with Crippen LogP contribution in [0.25, 0.3) is 0 Å². The fourth-order valence-electron chi connectivity index (χ4n) is 2.59. The summed E-state index contributed by atoms with van der Waals surface area (Å²) in [5, 5.41) is 11.6. The van der Waals surface area contributed by atoms with Gasteiger partial charge in [0.05, 0.1) is 5.69 Å². The summed E-state index contributed by atoms with van der Waals surface area (Å²) in [6.07, 6.45) is 2.96. The lowest BCUT2D eigenvalue weighted by molar-refractivity contribution is 0.140. The number of nitrogens with one attached hydrogen (secondary N) is 1. The number of piperidine rings is 1. The van der Waals surface area contributed by atoms with E-state index in [1.54, 1.807) is 6.20 Å². The SMILES string of the molecule is CCNC1CCN(Cc2cccnn2)CC1C. The Morgan fingerprint density at radius 2 is 2.41 bits per heavy atom. The van der Waals surface area contributed by atoms with Gasteiger partial charge in [-0.3, -0.25) is 4.90 Å². The zero-order chi connectivity index (χ0) is 12.1. The van der Waals surface area contributed by atoms with Gasteiger partial charge < -0.3 is 5.32 Å². The van der Waals surface area contributed by atoms with E-state index in [1.807, 2.05) is 12.1 Å². The van der Waals surface area contributed by atoms with Crippen LogP contribution < -0.4 is 5.32 Å². The van der Waals surface area contributed by atoms with E-state index in [0.717, 1.165) is 31.9 Å². The van der Waals surface area contributed by atoms with Crippen LogP contribution >= 0.6 is 0 Å². The van der Waals surface area contributed by atoms with Crippen molar-refractivity contribution in [3.63, 3.8) is 0 Å². The summed E-state index contributed by atoms with van der Waals surface area (Å²) in [5.74, 6) is 0.709. The average Bonchev–Trinajstić information content (AvgIpc) is 2.34. The molecule has 94 valence electrons. The summed E-state index contributed by atoms with van der Waals surface area (Å²) in [7, 11) is 0. The zero-order valence-corrected chi connectivity index (χ0v) is 10.8. The predicted molar refractivity (Wildman–Crippen MR) is 68.6 cm³/mol. The van der Waals surface area contributed by atoms with Gasteiger partial charge in [0.25, 0.3) is 0 Å². The molecule has 1 saturated heterocycles. The first-order valence-corrected chi connectivity index (χ1v) is 6.52. The van der Waals surface area contributed by atoms with Gasteiger partial charge in [0.15, 0.2) is 0 Å². The average molecular weight is 234 g/mol. The molecule has 0 aromatic carbocycles. The van der Waals surface area contributed by atoms with Crippen LogP contribution in [0, 0.1) is 5.92 Å². The molecule has 1 aromatic heterocycles. The quantitative estimate of drug-likeness (QED) is 0.852. The third-order valence-electron chi connectivity index (χ3n) is 3.47. The lowest BCUT2D eigenvalue weighted by Crippen LogP contribution is -2.47. The van der Waals surface area contributed by atoms with E-state index in [0.29, 0.717) is 12.0 Å². The van der Waals surface area contributed by atoms with E-state index in [2.05, 4.69) is 34.3 Å². The second-order valence-electron chi connectivity index (χ2n) is 4.88. The number of likely N-dealkylation sites (tertiary alicyclic amines) is 1. The first kappa shape index (κ1) is 12.5. The molecule has 1 aliphatic heterocycles. The second kappa shape index (κ2) is 6.07. The van der Waals surface area contributed by atoms with Crippen LogP contribution in [0.3, 0.4) is 0 Å². The van der Waals surface area contributed by atoms with E-state index in [9.17, 15) is 0 Å². The van der Waals surface area contributed by atoms with Gasteiger partial charge in [0.2, 0.25) is 0 Å². The summed E-state index contributed by atoms with van der Waals surface area (Å²) >= 11 is 0. The smallest absolute Gasteiger partial charge is 0.0771 e. The molecule has 4 heteroatoms. The van der Waals surface area contributed by atoms with Crippen molar-refractivity contribution in [1.29, 1.82) is 0 Å². The Balaban J connectivity index is 1.85. The molecule has 0 amide bonds. The van der Waals surface area contributed by atoms with Crippen LogP contribution in [0.2, 0.25) is 0 Å². The Morgan fingerprint density at radius 3 is 3.06 bits per heavy atom. The number of hydrogen-bond acceptors (Lipinski definition) is 4. The van der Waals surface area contributed by atoms with E-state index < -0.39 is 0 Å². The molecule has 0 saturated carbocycles. The van der Waals surface area contributed by atoms with Crippen LogP contribution in [0.1, 0.15) is 26.0 Å². The molecule has 0 aliphatic carbocycles. The molecule has 1 aromatic rings. The van der Waals surface area contributed by atoms with Gasteiger partial charge in [-0.25, -0.2) is 0 Å². The maximum atomic E-state index is 4.15. The summed E-state index contributed by atoms with van der Waals surface area (Å²) in [5.41, 5.74) is 1.07. The minimum atomic E-state index is 0.679. The molecule has 1 N–H and O–H groups in total. The highest BCUT2D eigenvalue weighted by atomic mass is 15.2. The molecule has 0 spiro atoms. The van der Waals surface area contributed by atoms with Crippen molar-refractivity contribution in [2.45, 2.75) is 32.9 Å². The normalized spacial score (nSPS) is 26.0. The van der Waals surface area contributed by atoms with Crippen molar-refractivity contribution in [2.24, 2.45) is 5.92 Å². The Labute approximate surface area is 103 Å². The molecule has 4 nitrogen and oxygen atoms in total. The second-order valence-corrected chi connectivity index (χ2v) is 4.88. The van der Waals surface area contributed by atoms with Crippen LogP contribution in [-0.4, -0.2) is 40.8 Å². The minimum absolute atomic E-state index is 0.679. The molecule has 2 unspecified atom stereocenters. The van der Waals surface area contributed by atoms with Crippen LogP contribution in [0.4, 0.5) is 0 Å². The van der Waals surface area contributed by atoms with Crippen molar-refractivity contribution < 1.29 is 0 Å². The highest BCUT2D eigenvalue weighted by Gasteiger charge is 2.25. The van der Waals surface area contributed by atoms with E-state index >= 15 is 0 Å². The molecule has 0 bridgehead atoms. The molecule has 1 fully saturated rings. The van der Waals surface area contributed by atoms with Gasteiger partial charge in [-0.05, 0) is 31.0 Å². The standard InChI is InChI=1S/C13H22N4/c1-3-14-13-6-8-17(9-11(13)2)10-12-5-4-7-15-16-12/h4-5,7,11,13-14H,3,6,8-10H2,1-2H3. The van der Waals surface area contributed by atoms with Gasteiger partial charge in [-0.15, -0.1) is 0 Å². The van der Waals surface area contributed by atoms with Crippen molar-refractivity contribution in [3.8, 4) is 0 Å². The molecule has 2 rings (SSSR count). The molecule has 2 heterocycles. The van der Waals surface area contributed by atoms with E-state index in [-0.39, 0.29) is 0 Å². The monoisotopic (exact) mass is 234 g/mol. The van der Waals surface area contributed by atoms with Crippen molar-refractivity contribution in [2.75, 3.05) is 19.6 Å². The Hall–Kier alpha value is -1.00. The third-order valence-corrected chi connectivity index (χ3v) is 3.47. The van der Waals surface area contributed by atoms with Gasteiger partial charge in [0, 0.05) is 31.9 Å². The fraction of sp³-hybridized carbons (Fsp3) is 0.692. The summed E-state index contributed by atoms with van der Waals surface area (Å²) in [6, 6.07) is 4.68. The van der Waals surface area contributed by atoms with Gasteiger partial charge in [0.1, 0.15) is 0 Å². The fourth-order valence-corrected chi connectivity index (χ4v) is 2.59. The number of nitrogens with zero attached hydrogens (tertiary/aromatic N) is 3. The molecule has 2 atom stereocenters. The largest absolute Gasteiger partial charge is 0.314 e. The van der Waals surface area contributed by atoms with Gasteiger partial charge in [-0.2, -0.15) is 10.2 Å². The molecule has 1 aliphatic rings. The lowest BCUT2D eigenvalue weighted by atomic mass is 9.94. The van der Waals surface area contributed by atoms with Crippen LogP contribution in [0.15, 0.2) is 18.3 Å². The van der Waals surface area contributed by atoms with Crippen molar-refractivity contribution >= 4 is 0 Å². The number of rotatable bonds is 4. The molecular weight excluding hydrogens is 212 g/mol. The van der Waals surface area contributed by atoms with Gasteiger partial charge >= 0.3 is 0 Å². The maximum Gasteiger partial charge on any atom is 0.0771 e. The number of hydrogen-bond donors (Lipinski definition) is 1. The number of aromatic nitrogens is 2. The third kappa shape index (κ3) is 3.48. The predicted octanol–water partition coefficient (Wildman–Crippen LogP) is 1.30. The van der Waals surface area contributed by atoms with E-state index in [4.69, 9.17) is 0 Å². The lowest BCUT2D eigenvalue weighted by Gasteiger charge is -2.37. The van der Waals surface area contributed by atoms with Crippen LogP contribution in [0.5, 0.6) is 0 Å². The first-order valence-electron chi connectivity index (χ1n) is 6.52. The van der Waals surface area contributed by atoms with Gasteiger partial charge in [-0.1, -0.05) is 13.8 Å². The minimum Gasteiger partial charge on any atom is -0.314 e. The zero-order valence-electron chi connectivity index (χ0n) is 10.8. The van der Waals surface area contributed by atoms with Crippen LogP contribution in [-0.2, 0) is 6.54 Å².